The lowest BCUT2D eigenvalue weighted by Gasteiger charge is -2.14. The molecule has 0 radical (unpaired) electrons. The molecular weight excluding hydrogens is 332 g/mol. The summed E-state index contributed by atoms with van der Waals surface area (Å²) in [4.78, 5) is 44.0. The summed E-state index contributed by atoms with van der Waals surface area (Å²) in [5, 5.41) is 4.11. The summed E-state index contributed by atoms with van der Waals surface area (Å²) in [6, 6.07) is 13.9. The Bertz CT molecular complexity index is 1250. The molecule has 1 amide bonds. The fraction of sp³-hybridized carbons (Fsp3) is 0.105. The van der Waals surface area contributed by atoms with Gasteiger partial charge in [-0.3, -0.25) is 9.59 Å². The van der Waals surface area contributed by atoms with E-state index in [0.29, 0.717) is 21.8 Å². The zero-order valence-corrected chi connectivity index (χ0v) is 13.9. The molecule has 0 bridgehead atoms. The van der Waals surface area contributed by atoms with Gasteiger partial charge in [-0.25, -0.2) is 4.79 Å². The molecule has 130 valence electrons. The molecule has 4 aromatic rings. The van der Waals surface area contributed by atoms with Crippen molar-refractivity contribution in [2.75, 3.05) is 0 Å². The lowest BCUT2D eigenvalue weighted by molar-refractivity contribution is 0.0935. The molecular formula is C19H16N4O3. The molecule has 26 heavy (non-hydrogen) atoms. The van der Waals surface area contributed by atoms with Crippen molar-refractivity contribution < 1.29 is 4.79 Å². The van der Waals surface area contributed by atoms with Gasteiger partial charge >= 0.3 is 5.69 Å². The van der Waals surface area contributed by atoms with Crippen LogP contribution < -0.4 is 16.6 Å². The molecule has 7 heteroatoms. The first kappa shape index (κ1) is 15.9. The summed E-state index contributed by atoms with van der Waals surface area (Å²) >= 11 is 0. The average Bonchev–Trinajstić information content (AvgIpc) is 3.00. The van der Waals surface area contributed by atoms with Crippen LogP contribution in [0.5, 0.6) is 0 Å². The van der Waals surface area contributed by atoms with Crippen LogP contribution in [0.4, 0.5) is 0 Å². The number of nitrogens with one attached hydrogen (secondary N) is 4. The van der Waals surface area contributed by atoms with Gasteiger partial charge in [0.15, 0.2) is 0 Å². The highest BCUT2D eigenvalue weighted by atomic mass is 16.2. The van der Waals surface area contributed by atoms with Gasteiger partial charge in [-0.05, 0) is 42.1 Å². The van der Waals surface area contributed by atoms with Gasteiger partial charge < -0.3 is 20.3 Å². The number of benzene rings is 2. The highest BCUT2D eigenvalue weighted by molar-refractivity contribution is 5.96. The molecule has 0 spiro atoms. The number of fused-ring (bicyclic) bond motifs is 2. The molecule has 4 N–H and O–H groups in total. The summed E-state index contributed by atoms with van der Waals surface area (Å²) in [6.45, 7) is 1.84. The van der Waals surface area contributed by atoms with E-state index in [9.17, 15) is 14.4 Å². The largest absolute Gasteiger partial charge is 0.344 e. The quantitative estimate of drug-likeness (QED) is 0.455. The summed E-state index contributed by atoms with van der Waals surface area (Å²) in [6.07, 6.45) is 0. The predicted octanol–water partition coefficient (Wildman–Crippen LogP) is 2.19. The number of hydrogen-bond donors (Lipinski definition) is 4. The van der Waals surface area contributed by atoms with E-state index < -0.39 is 0 Å². The van der Waals surface area contributed by atoms with Crippen LogP contribution in [-0.2, 0) is 0 Å². The highest BCUT2D eigenvalue weighted by Gasteiger charge is 2.14. The number of aromatic nitrogens is 3. The van der Waals surface area contributed by atoms with Gasteiger partial charge in [-0.2, -0.15) is 0 Å². The minimum Gasteiger partial charge on any atom is -0.344 e. The van der Waals surface area contributed by atoms with Crippen LogP contribution in [0.3, 0.4) is 0 Å². The molecule has 1 atom stereocenters. The maximum atomic E-state index is 12.5. The Morgan fingerprint density at radius 2 is 1.73 bits per heavy atom. The number of amides is 1. The van der Waals surface area contributed by atoms with Gasteiger partial charge in [0.05, 0.1) is 17.1 Å². The molecule has 4 rings (SSSR count). The normalized spacial score (nSPS) is 12.3. The molecule has 0 aliphatic carbocycles. The minimum atomic E-state index is -0.372. The van der Waals surface area contributed by atoms with Gasteiger partial charge in [0.1, 0.15) is 5.69 Å². The van der Waals surface area contributed by atoms with E-state index in [-0.39, 0.29) is 28.9 Å². The van der Waals surface area contributed by atoms with Crippen LogP contribution in [-0.4, -0.2) is 20.9 Å². The van der Waals surface area contributed by atoms with E-state index >= 15 is 0 Å². The number of H-pyrrole nitrogens is 3. The third-order valence-corrected chi connectivity index (χ3v) is 4.39. The van der Waals surface area contributed by atoms with E-state index in [1.807, 2.05) is 19.1 Å². The molecule has 7 nitrogen and oxygen atoms in total. The van der Waals surface area contributed by atoms with Gasteiger partial charge in [-0.1, -0.05) is 24.3 Å². The summed E-state index contributed by atoms with van der Waals surface area (Å²) in [5.41, 5.74) is 1.85. The van der Waals surface area contributed by atoms with Gasteiger partial charge in [-0.15, -0.1) is 0 Å². The Hall–Kier alpha value is -3.61. The maximum Gasteiger partial charge on any atom is 0.323 e. The Kier molecular flexibility index (Phi) is 3.69. The molecule has 0 unspecified atom stereocenters. The first-order valence-corrected chi connectivity index (χ1v) is 8.16. The monoisotopic (exact) mass is 348 g/mol. The second kappa shape index (κ2) is 6.03. The molecule has 2 heterocycles. The van der Waals surface area contributed by atoms with Crippen LogP contribution in [0.2, 0.25) is 0 Å². The van der Waals surface area contributed by atoms with Crippen molar-refractivity contribution in [3.05, 3.63) is 80.6 Å². The van der Waals surface area contributed by atoms with Crippen molar-refractivity contribution in [1.29, 1.82) is 0 Å². The molecule has 0 saturated carbocycles. The molecule has 0 aliphatic heterocycles. The standard InChI is InChI=1S/C19H16N4O3/c1-10(11-6-7-14-15(8-11)23-19(26)22-14)20-18(25)16-9-12-4-2-3-5-13(12)17(24)21-16/h2-10H,1H3,(H,20,25)(H,21,24)(H2,22,23,26)/t10-/m0/s1. The van der Waals surface area contributed by atoms with E-state index in [4.69, 9.17) is 0 Å². The smallest absolute Gasteiger partial charge is 0.323 e. The van der Waals surface area contributed by atoms with Crippen LogP contribution >= 0.6 is 0 Å². The average molecular weight is 348 g/mol. The fourth-order valence-electron chi connectivity index (χ4n) is 3.01. The minimum absolute atomic E-state index is 0.205. The molecule has 2 aromatic heterocycles. The van der Waals surface area contributed by atoms with Crippen molar-refractivity contribution in [2.45, 2.75) is 13.0 Å². The number of hydrogen-bond acceptors (Lipinski definition) is 3. The van der Waals surface area contributed by atoms with Crippen molar-refractivity contribution in [3.63, 3.8) is 0 Å². The first-order chi connectivity index (χ1) is 12.5. The van der Waals surface area contributed by atoms with Crippen LogP contribution in [0.25, 0.3) is 21.8 Å². The topological polar surface area (TPSA) is 111 Å². The van der Waals surface area contributed by atoms with Crippen molar-refractivity contribution in [2.24, 2.45) is 0 Å². The lowest BCUT2D eigenvalue weighted by atomic mass is 10.1. The maximum absolute atomic E-state index is 12.5. The number of aromatic amines is 3. The van der Waals surface area contributed by atoms with Gasteiger partial charge in [0.2, 0.25) is 0 Å². The van der Waals surface area contributed by atoms with Crippen LogP contribution in [0, 0.1) is 0 Å². The zero-order chi connectivity index (χ0) is 18.3. The van der Waals surface area contributed by atoms with Gasteiger partial charge in [0.25, 0.3) is 11.5 Å². The zero-order valence-electron chi connectivity index (χ0n) is 13.9. The molecule has 0 fully saturated rings. The number of imidazole rings is 1. The molecule has 0 saturated heterocycles. The number of carbonyl (C=O) groups is 1. The third-order valence-electron chi connectivity index (χ3n) is 4.39. The predicted molar refractivity (Wildman–Crippen MR) is 99.4 cm³/mol. The van der Waals surface area contributed by atoms with Crippen molar-refractivity contribution in [3.8, 4) is 0 Å². The Morgan fingerprint density at radius 1 is 0.962 bits per heavy atom. The van der Waals surface area contributed by atoms with Crippen molar-refractivity contribution >= 4 is 27.7 Å². The summed E-state index contributed by atoms with van der Waals surface area (Å²) in [5.74, 6) is -0.372. The highest BCUT2D eigenvalue weighted by Crippen LogP contribution is 2.18. The second-order valence-electron chi connectivity index (χ2n) is 6.18. The van der Waals surface area contributed by atoms with Gasteiger partial charge in [0, 0.05) is 5.39 Å². The molecule has 0 aliphatic rings. The Labute approximate surface area is 147 Å². The van der Waals surface area contributed by atoms with E-state index in [1.54, 1.807) is 36.4 Å². The fourth-order valence-corrected chi connectivity index (χ4v) is 3.01. The summed E-state index contributed by atoms with van der Waals surface area (Å²) in [7, 11) is 0. The molecule has 2 aromatic carbocycles. The number of carbonyl (C=O) groups excluding carboxylic acids is 1. The Morgan fingerprint density at radius 3 is 2.58 bits per heavy atom. The second-order valence-corrected chi connectivity index (χ2v) is 6.18. The number of pyridine rings is 1. The van der Waals surface area contributed by atoms with E-state index in [1.165, 1.54) is 0 Å². The Balaban J connectivity index is 1.62. The van der Waals surface area contributed by atoms with E-state index in [2.05, 4.69) is 20.3 Å². The van der Waals surface area contributed by atoms with Crippen LogP contribution in [0.1, 0.15) is 29.0 Å². The lowest BCUT2D eigenvalue weighted by Crippen LogP contribution is -2.29. The van der Waals surface area contributed by atoms with Crippen molar-refractivity contribution in [1.82, 2.24) is 20.3 Å². The SMILES string of the molecule is C[C@H](NC(=O)c1cc2ccccc2c(=O)[nH]1)c1ccc2[nH]c(=O)[nH]c2c1. The first-order valence-electron chi connectivity index (χ1n) is 8.16. The third kappa shape index (κ3) is 2.79. The van der Waals surface area contributed by atoms with E-state index in [0.717, 1.165) is 5.56 Å². The summed E-state index contributed by atoms with van der Waals surface area (Å²) < 4.78 is 0. The number of rotatable bonds is 3. The van der Waals surface area contributed by atoms with Crippen LogP contribution in [0.15, 0.2) is 58.1 Å².